The minimum absolute atomic E-state index is 0.184. The van der Waals surface area contributed by atoms with Crippen molar-refractivity contribution in [2.75, 3.05) is 25.5 Å². The van der Waals surface area contributed by atoms with Gasteiger partial charge in [0.25, 0.3) is 0 Å². The number of nitrogens with one attached hydrogen (secondary N) is 1. The summed E-state index contributed by atoms with van der Waals surface area (Å²) in [5.41, 5.74) is 0.657. The van der Waals surface area contributed by atoms with Gasteiger partial charge < -0.3 is 15.0 Å². The van der Waals surface area contributed by atoms with Crippen molar-refractivity contribution in [3.63, 3.8) is 0 Å². The van der Waals surface area contributed by atoms with E-state index in [1.165, 1.54) is 49.6 Å². The molecular weight excluding hydrogens is 354 g/mol. The van der Waals surface area contributed by atoms with Crippen LogP contribution in [0.1, 0.15) is 23.2 Å². The minimum Gasteiger partial charge on any atom is -0.496 e. The molecule has 1 heterocycles. The predicted molar refractivity (Wildman–Crippen MR) is 97.0 cm³/mol. The van der Waals surface area contributed by atoms with E-state index >= 15 is 0 Å². The summed E-state index contributed by atoms with van der Waals surface area (Å²) in [6.07, 6.45) is 1.27. The maximum Gasteiger partial charge on any atom is 0.321 e. The molecule has 1 aliphatic rings. The quantitative estimate of drug-likeness (QED) is 0.820. The van der Waals surface area contributed by atoms with Crippen LogP contribution < -0.4 is 10.1 Å². The number of urea groups is 1. The zero-order valence-corrected chi connectivity index (χ0v) is 14.9. The van der Waals surface area contributed by atoms with Crippen molar-refractivity contribution in [3.8, 4) is 5.75 Å². The molecule has 3 rings (SSSR count). The van der Waals surface area contributed by atoms with E-state index in [1.54, 1.807) is 4.90 Å². The number of likely N-dealkylation sites (tertiary alicyclic amines) is 1. The summed E-state index contributed by atoms with van der Waals surface area (Å²) in [7, 11) is 1.42. The Balaban J connectivity index is 1.70. The van der Waals surface area contributed by atoms with Gasteiger partial charge in [-0.25, -0.2) is 13.6 Å². The van der Waals surface area contributed by atoms with Crippen LogP contribution in [-0.2, 0) is 0 Å². The van der Waals surface area contributed by atoms with Gasteiger partial charge in [0.15, 0.2) is 5.78 Å². The first-order chi connectivity index (χ1) is 13.0. The lowest BCUT2D eigenvalue weighted by Crippen LogP contribution is -2.44. The zero-order valence-electron chi connectivity index (χ0n) is 14.9. The second-order valence-corrected chi connectivity index (χ2v) is 6.43. The SMILES string of the molecule is COc1ccc(F)cc1C(=O)C1CCCN(C(=O)Nc2ccc(F)cc2)C1. The summed E-state index contributed by atoms with van der Waals surface area (Å²) >= 11 is 0. The molecular formula is C20H20F2N2O3. The number of ether oxygens (including phenoxy) is 1. The second kappa shape index (κ2) is 8.16. The Morgan fingerprint density at radius 3 is 2.52 bits per heavy atom. The maximum absolute atomic E-state index is 13.6. The van der Waals surface area contributed by atoms with Gasteiger partial charge in [-0.1, -0.05) is 0 Å². The fourth-order valence-electron chi connectivity index (χ4n) is 3.20. The number of carbonyl (C=O) groups excluding carboxylic acids is 2. The smallest absolute Gasteiger partial charge is 0.321 e. The topological polar surface area (TPSA) is 58.6 Å². The highest BCUT2D eigenvalue weighted by molar-refractivity contribution is 6.01. The summed E-state index contributed by atoms with van der Waals surface area (Å²) < 4.78 is 31.7. The van der Waals surface area contributed by atoms with Crippen LogP contribution >= 0.6 is 0 Å². The third-order valence-electron chi connectivity index (χ3n) is 4.60. The molecule has 0 aromatic heterocycles. The summed E-state index contributed by atoms with van der Waals surface area (Å²) in [5.74, 6) is -1.27. The number of halogens is 2. The number of ketones is 1. The number of anilines is 1. The van der Waals surface area contributed by atoms with Gasteiger partial charge in [0.05, 0.1) is 12.7 Å². The number of carbonyl (C=O) groups is 2. The first kappa shape index (κ1) is 18.8. The fraction of sp³-hybridized carbons (Fsp3) is 0.300. The van der Waals surface area contributed by atoms with Gasteiger partial charge >= 0.3 is 6.03 Å². The Hall–Kier alpha value is -2.96. The molecule has 0 spiro atoms. The molecule has 1 saturated heterocycles. The molecule has 142 valence electrons. The molecule has 2 aromatic carbocycles. The molecule has 1 fully saturated rings. The van der Waals surface area contributed by atoms with Crippen LogP contribution in [0.2, 0.25) is 0 Å². The Labute approximate surface area is 155 Å². The molecule has 0 aliphatic carbocycles. The van der Waals surface area contributed by atoms with Crippen molar-refractivity contribution in [3.05, 3.63) is 59.7 Å². The third kappa shape index (κ3) is 4.42. The normalized spacial score (nSPS) is 16.7. The van der Waals surface area contributed by atoms with Gasteiger partial charge in [0, 0.05) is 24.7 Å². The highest BCUT2D eigenvalue weighted by Crippen LogP contribution is 2.27. The van der Waals surface area contributed by atoms with Crippen LogP contribution in [0, 0.1) is 17.6 Å². The third-order valence-corrected chi connectivity index (χ3v) is 4.60. The van der Waals surface area contributed by atoms with Crippen molar-refractivity contribution in [1.82, 2.24) is 4.90 Å². The van der Waals surface area contributed by atoms with E-state index in [0.29, 0.717) is 30.8 Å². The summed E-state index contributed by atoms with van der Waals surface area (Å²) in [4.78, 5) is 26.9. The number of hydrogen-bond acceptors (Lipinski definition) is 3. The van der Waals surface area contributed by atoms with Crippen LogP contribution in [0.15, 0.2) is 42.5 Å². The van der Waals surface area contributed by atoms with Crippen molar-refractivity contribution in [1.29, 1.82) is 0 Å². The van der Waals surface area contributed by atoms with Gasteiger partial charge in [-0.05, 0) is 55.3 Å². The highest BCUT2D eigenvalue weighted by atomic mass is 19.1. The van der Waals surface area contributed by atoms with E-state index < -0.39 is 11.7 Å². The first-order valence-corrected chi connectivity index (χ1v) is 8.67. The largest absolute Gasteiger partial charge is 0.496 e. The van der Waals surface area contributed by atoms with Crippen LogP contribution in [0.5, 0.6) is 5.75 Å². The van der Waals surface area contributed by atoms with Crippen LogP contribution in [-0.4, -0.2) is 36.9 Å². The van der Waals surface area contributed by atoms with Crippen LogP contribution in [0.4, 0.5) is 19.3 Å². The zero-order chi connectivity index (χ0) is 19.4. The average Bonchev–Trinajstić information content (AvgIpc) is 2.69. The number of rotatable bonds is 4. The number of nitrogens with zero attached hydrogens (tertiary/aromatic N) is 1. The Morgan fingerprint density at radius 1 is 1.11 bits per heavy atom. The lowest BCUT2D eigenvalue weighted by atomic mass is 9.89. The number of amides is 2. The van der Waals surface area contributed by atoms with Gasteiger partial charge in [-0.3, -0.25) is 4.79 Å². The van der Waals surface area contributed by atoms with Crippen molar-refractivity contribution in [2.24, 2.45) is 5.92 Å². The molecule has 2 amide bonds. The molecule has 0 bridgehead atoms. The Kier molecular flexibility index (Phi) is 5.69. The molecule has 1 aliphatic heterocycles. The number of benzene rings is 2. The molecule has 0 saturated carbocycles. The van der Waals surface area contributed by atoms with Gasteiger partial charge in [0.2, 0.25) is 0 Å². The molecule has 2 aromatic rings. The molecule has 1 N–H and O–H groups in total. The molecule has 1 atom stereocenters. The van der Waals surface area contributed by atoms with E-state index in [0.717, 1.165) is 0 Å². The predicted octanol–water partition coefficient (Wildman–Crippen LogP) is 4.10. The van der Waals surface area contributed by atoms with E-state index in [2.05, 4.69) is 5.32 Å². The number of piperidine rings is 1. The van der Waals surface area contributed by atoms with Gasteiger partial charge in [-0.15, -0.1) is 0 Å². The summed E-state index contributed by atoms with van der Waals surface area (Å²) in [5, 5.41) is 2.69. The summed E-state index contributed by atoms with van der Waals surface area (Å²) in [6, 6.07) is 8.92. The molecule has 27 heavy (non-hydrogen) atoms. The van der Waals surface area contributed by atoms with Crippen molar-refractivity contribution >= 4 is 17.5 Å². The number of methoxy groups -OCH3 is 1. The van der Waals surface area contributed by atoms with Crippen LogP contribution in [0.3, 0.4) is 0 Å². The number of Topliss-reactive ketones (excluding diaryl/α,β-unsaturated/α-hetero) is 1. The number of hydrogen-bond donors (Lipinski definition) is 1. The van der Waals surface area contributed by atoms with Crippen molar-refractivity contribution < 1.29 is 23.1 Å². The fourth-order valence-corrected chi connectivity index (χ4v) is 3.20. The Morgan fingerprint density at radius 2 is 1.81 bits per heavy atom. The second-order valence-electron chi connectivity index (χ2n) is 6.43. The van der Waals surface area contributed by atoms with Gasteiger partial charge in [0.1, 0.15) is 17.4 Å². The molecule has 1 unspecified atom stereocenters. The highest BCUT2D eigenvalue weighted by Gasteiger charge is 2.30. The Bertz CT molecular complexity index is 840. The minimum atomic E-state index is -0.513. The molecule has 5 nitrogen and oxygen atoms in total. The first-order valence-electron chi connectivity index (χ1n) is 8.67. The summed E-state index contributed by atoms with van der Waals surface area (Å²) in [6.45, 7) is 0.739. The van der Waals surface area contributed by atoms with E-state index in [9.17, 15) is 18.4 Å². The molecule has 0 radical (unpaired) electrons. The lowest BCUT2D eigenvalue weighted by Gasteiger charge is -2.32. The standard InChI is InChI=1S/C20H20F2N2O3/c1-27-18-9-6-15(22)11-17(18)19(25)13-3-2-10-24(12-13)20(26)23-16-7-4-14(21)5-8-16/h4-9,11,13H,2-3,10,12H2,1H3,(H,23,26). The molecule has 7 heteroatoms. The van der Waals surface area contributed by atoms with Gasteiger partial charge in [-0.2, -0.15) is 0 Å². The van der Waals surface area contributed by atoms with E-state index in [-0.39, 0.29) is 29.7 Å². The van der Waals surface area contributed by atoms with E-state index in [4.69, 9.17) is 4.74 Å². The van der Waals surface area contributed by atoms with E-state index in [1.807, 2.05) is 0 Å². The lowest BCUT2D eigenvalue weighted by molar-refractivity contribution is 0.0848. The average molecular weight is 374 g/mol. The van der Waals surface area contributed by atoms with Crippen LogP contribution in [0.25, 0.3) is 0 Å². The monoisotopic (exact) mass is 374 g/mol. The van der Waals surface area contributed by atoms with Crippen molar-refractivity contribution in [2.45, 2.75) is 12.8 Å². The maximum atomic E-state index is 13.6.